The molecule has 0 heterocycles. The molecule has 2 saturated carbocycles. The van der Waals surface area contributed by atoms with Gasteiger partial charge in [-0.25, -0.2) is 0 Å². The molecule has 3 nitrogen and oxygen atoms in total. The van der Waals surface area contributed by atoms with Gasteiger partial charge in [-0.3, -0.25) is 4.79 Å². The summed E-state index contributed by atoms with van der Waals surface area (Å²) in [6.07, 6.45) is 3.81. The maximum atomic E-state index is 12.3. The number of halogens is 2. The van der Waals surface area contributed by atoms with Crippen LogP contribution >= 0.6 is 23.2 Å². The molecule has 0 saturated heterocycles. The lowest BCUT2D eigenvalue weighted by molar-refractivity contribution is -0.123. The van der Waals surface area contributed by atoms with Crippen LogP contribution in [0.4, 0.5) is 0 Å². The zero-order valence-corrected chi connectivity index (χ0v) is 13.2. The topological polar surface area (TPSA) is 49.3 Å². The summed E-state index contributed by atoms with van der Waals surface area (Å²) in [5.74, 6) is 0.884. The van der Waals surface area contributed by atoms with Crippen LogP contribution in [0.15, 0.2) is 18.2 Å². The maximum Gasteiger partial charge on any atom is 0.223 e. The molecule has 3 atom stereocenters. The highest BCUT2D eigenvalue weighted by molar-refractivity contribution is 6.34. The van der Waals surface area contributed by atoms with Crippen molar-refractivity contribution in [3.8, 4) is 0 Å². The molecule has 5 heteroatoms. The first-order chi connectivity index (χ1) is 10.1. The van der Waals surface area contributed by atoms with Gasteiger partial charge in [0.05, 0.1) is 0 Å². The number of carbonyl (C=O) groups excluding carboxylic acids is 1. The molecule has 21 heavy (non-hydrogen) atoms. The number of rotatable bonds is 6. The minimum atomic E-state index is 0.0134. The molecule has 1 amide bonds. The van der Waals surface area contributed by atoms with Crippen molar-refractivity contribution in [2.45, 2.75) is 37.6 Å². The summed E-state index contributed by atoms with van der Waals surface area (Å²) in [6, 6.07) is 5.61. The Kier molecular flexibility index (Phi) is 4.43. The molecule has 1 aromatic rings. The summed E-state index contributed by atoms with van der Waals surface area (Å²) in [5, 5.41) is 13.4. The molecule has 0 bridgehead atoms. The largest absolute Gasteiger partial charge is 0.396 e. The Hall–Kier alpha value is -0.770. The number of aliphatic hydroxyl groups excluding tert-OH is 1. The van der Waals surface area contributed by atoms with Crippen molar-refractivity contribution >= 4 is 29.1 Å². The first-order valence-electron chi connectivity index (χ1n) is 7.45. The average molecular weight is 328 g/mol. The minimum absolute atomic E-state index is 0.0134. The predicted molar refractivity (Wildman–Crippen MR) is 83.7 cm³/mol. The average Bonchev–Trinajstić information content (AvgIpc) is 3.28. The van der Waals surface area contributed by atoms with Crippen LogP contribution in [0.1, 0.15) is 37.2 Å². The molecule has 3 unspecified atom stereocenters. The third-order valence-corrected chi connectivity index (χ3v) is 4.84. The molecule has 2 N–H and O–H groups in total. The van der Waals surface area contributed by atoms with Gasteiger partial charge in [-0.05, 0) is 61.3 Å². The van der Waals surface area contributed by atoms with Gasteiger partial charge in [0.1, 0.15) is 0 Å². The Morgan fingerprint density at radius 2 is 1.95 bits per heavy atom. The van der Waals surface area contributed by atoms with E-state index in [0.717, 1.165) is 24.8 Å². The van der Waals surface area contributed by atoms with Gasteiger partial charge >= 0.3 is 0 Å². The van der Waals surface area contributed by atoms with E-state index in [4.69, 9.17) is 28.3 Å². The minimum Gasteiger partial charge on any atom is -0.396 e. The number of amides is 1. The summed E-state index contributed by atoms with van der Waals surface area (Å²) < 4.78 is 0. The third-order valence-electron chi connectivity index (χ3n) is 4.40. The van der Waals surface area contributed by atoms with Gasteiger partial charge < -0.3 is 10.4 Å². The van der Waals surface area contributed by atoms with Crippen molar-refractivity contribution in [2.75, 3.05) is 6.61 Å². The number of aliphatic hydroxyl groups is 1. The SMILES string of the molecule is O=C(NC(CCO)C1CC1)C1CC1c1cc(Cl)cc(Cl)c1. The molecule has 0 aliphatic heterocycles. The van der Waals surface area contributed by atoms with Gasteiger partial charge in [-0.1, -0.05) is 23.2 Å². The van der Waals surface area contributed by atoms with Gasteiger partial charge in [0.25, 0.3) is 0 Å². The first-order valence-corrected chi connectivity index (χ1v) is 8.21. The zero-order chi connectivity index (χ0) is 15.0. The van der Waals surface area contributed by atoms with Gasteiger partial charge in [0.2, 0.25) is 5.91 Å². The van der Waals surface area contributed by atoms with Crippen LogP contribution < -0.4 is 5.32 Å². The second-order valence-electron chi connectivity index (χ2n) is 6.12. The molecular formula is C16H19Cl2NO2. The van der Waals surface area contributed by atoms with Crippen molar-refractivity contribution in [3.05, 3.63) is 33.8 Å². The standard InChI is InChI=1S/C16H19Cl2NO2/c17-11-5-10(6-12(18)7-11)13-8-14(13)16(21)19-15(3-4-20)9-1-2-9/h5-7,9,13-15,20H,1-4,8H2,(H,19,21). The lowest BCUT2D eigenvalue weighted by Gasteiger charge is -2.17. The molecule has 0 aromatic heterocycles. The third kappa shape index (κ3) is 3.71. The van der Waals surface area contributed by atoms with E-state index in [-0.39, 0.29) is 30.4 Å². The molecule has 114 valence electrons. The number of nitrogens with one attached hydrogen (secondary N) is 1. The van der Waals surface area contributed by atoms with Crippen molar-refractivity contribution in [2.24, 2.45) is 11.8 Å². The molecule has 2 aliphatic carbocycles. The zero-order valence-electron chi connectivity index (χ0n) is 11.7. The molecule has 0 spiro atoms. The van der Waals surface area contributed by atoms with Crippen LogP contribution in [0.5, 0.6) is 0 Å². The van der Waals surface area contributed by atoms with E-state index in [2.05, 4.69) is 5.32 Å². The Bertz CT molecular complexity index is 525. The van der Waals surface area contributed by atoms with Crippen LogP contribution in [0.2, 0.25) is 10.0 Å². The molecule has 0 radical (unpaired) electrons. The molecule has 1 aromatic carbocycles. The monoisotopic (exact) mass is 327 g/mol. The molecular weight excluding hydrogens is 309 g/mol. The highest BCUT2D eigenvalue weighted by Gasteiger charge is 2.45. The number of carbonyl (C=O) groups is 1. The van der Waals surface area contributed by atoms with E-state index in [9.17, 15) is 4.79 Å². The molecule has 3 rings (SSSR count). The van der Waals surface area contributed by atoms with E-state index >= 15 is 0 Å². The van der Waals surface area contributed by atoms with Crippen LogP contribution in [0.3, 0.4) is 0 Å². The Balaban J connectivity index is 1.60. The fraction of sp³-hybridized carbons (Fsp3) is 0.562. The summed E-state index contributed by atoms with van der Waals surface area (Å²) >= 11 is 12.0. The quantitative estimate of drug-likeness (QED) is 0.841. The number of benzene rings is 1. The van der Waals surface area contributed by atoms with Crippen molar-refractivity contribution in [1.82, 2.24) is 5.32 Å². The predicted octanol–water partition coefficient (Wildman–Crippen LogP) is 3.37. The second kappa shape index (κ2) is 6.15. The van der Waals surface area contributed by atoms with Crippen molar-refractivity contribution in [1.29, 1.82) is 0 Å². The highest BCUT2D eigenvalue weighted by atomic mass is 35.5. The molecule has 2 aliphatic rings. The fourth-order valence-corrected chi connectivity index (χ4v) is 3.54. The van der Waals surface area contributed by atoms with Gasteiger partial charge in [0.15, 0.2) is 0 Å². The second-order valence-corrected chi connectivity index (χ2v) is 6.99. The highest BCUT2D eigenvalue weighted by Crippen LogP contribution is 2.49. The van der Waals surface area contributed by atoms with Crippen molar-refractivity contribution in [3.63, 3.8) is 0 Å². The Morgan fingerprint density at radius 3 is 2.52 bits per heavy atom. The Morgan fingerprint density at radius 1 is 1.29 bits per heavy atom. The normalized spacial score (nSPS) is 25.5. The van der Waals surface area contributed by atoms with Crippen LogP contribution in [-0.2, 0) is 4.79 Å². The van der Waals surface area contributed by atoms with E-state index in [0.29, 0.717) is 22.4 Å². The van der Waals surface area contributed by atoms with E-state index in [1.165, 1.54) is 0 Å². The Labute approximate surface area is 134 Å². The fourth-order valence-electron chi connectivity index (χ4n) is 3.00. The lowest BCUT2D eigenvalue weighted by Crippen LogP contribution is -2.38. The van der Waals surface area contributed by atoms with E-state index in [1.807, 2.05) is 12.1 Å². The van der Waals surface area contributed by atoms with Crippen LogP contribution in [-0.4, -0.2) is 23.7 Å². The molecule has 2 fully saturated rings. The summed E-state index contributed by atoms with van der Waals surface area (Å²) in [6.45, 7) is 0.124. The van der Waals surface area contributed by atoms with Crippen molar-refractivity contribution < 1.29 is 9.90 Å². The van der Waals surface area contributed by atoms with Gasteiger partial charge in [-0.15, -0.1) is 0 Å². The summed E-state index contributed by atoms with van der Waals surface area (Å²) in [7, 11) is 0. The lowest BCUT2D eigenvalue weighted by atomic mass is 10.1. The number of hydrogen-bond donors (Lipinski definition) is 2. The maximum absolute atomic E-state index is 12.3. The summed E-state index contributed by atoms with van der Waals surface area (Å²) in [4.78, 5) is 12.3. The van der Waals surface area contributed by atoms with E-state index in [1.54, 1.807) is 6.07 Å². The van der Waals surface area contributed by atoms with Gasteiger partial charge in [-0.2, -0.15) is 0 Å². The smallest absolute Gasteiger partial charge is 0.223 e. The number of hydrogen-bond acceptors (Lipinski definition) is 2. The van der Waals surface area contributed by atoms with Crippen LogP contribution in [0, 0.1) is 11.8 Å². The first kappa shape index (κ1) is 15.1. The van der Waals surface area contributed by atoms with Gasteiger partial charge in [0, 0.05) is 28.6 Å². The van der Waals surface area contributed by atoms with Crippen LogP contribution in [0.25, 0.3) is 0 Å². The van der Waals surface area contributed by atoms with E-state index < -0.39 is 0 Å². The summed E-state index contributed by atoms with van der Waals surface area (Å²) in [5.41, 5.74) is 1.04.